The van der Waals surface area contributed by atoms with Crippen LogP contribution in [0.3, 0.4) is 0 Å². The van der Waals surface area contributed by atoms with Crippen LogP contribution in [0.1, 0.15) is 37.8 Å². The highest BCUT2D eigenvalue weighted by Gasteiger charge is 2.50. The number of quaternary nitrogens is 1. The molecule has 3 bridgehead atoms. The average molecular weight is 417 g/mol. The van der Waals surface area contributed by atoms with Crippen molar-refractivity contribution in [3.05, 3.63) is 24.0 Å². The normalized spacial score (nSPS) is 29.5. The molecule has 4 rings (SSSR count). The number of hydrogen-bond donors (Lipinski definition) is 0. The number of amides is 1. The van der Waals surface area contributed by atoms with E-state index in [0.29, 0.717) is 28.4 Å². The van der Waals surface area contributed by atoms with Gasteiger partial charge in [0.1, 0.15) is 12.2 Å². The van der Waals surface area contributed by atoms with Gasteiger partial charge in [-0.05, 0) is 67.9 Å². The van der Waals surface area contributed by atoms with E-state index >= 15 is 0 Å². The van der Waals surface area contributed by atoms with Crippen molar-refractivity contribution in [3.63, 3.8) is 0 Å². The maximum Gasteiger partial charge on any atom is 0.414 e. The van der Waals surface area contributed by atoms with Crippen LogP contribution in [0.15, 0.2) is 18.3 Å². The molecule has 3 fully saturated rings. The Labute approximate surface area is 178 Å². The van der Waals surface area contributed by atoms with Crippen LogP contribution in [0.5, 0.6) is 5.75 Å². The average Bonchev–Trinajstić information content (AvgIpc) is 2.89. The van der Waals surface area contributed by atoms with Crippen molar-refractivity contribution >= 4 is 12.1 Å². The molecule has 0 radical (unpaired) electrons. The number of hydrogen-bond acceptors (Lipinski definition) is 5. The number of aromatic nitrogens is 1. The van der Waals surface area contributed by atoms with Crippen LogP contribution in [0, 0.1) is 29.6 Å². The predicted molar refractivity (Wildman–Crippen MR) is 111 cm³/mol. The van der Waals surface area contributed by atoms with Crippen LogP contribution >= 0.6 is 0 Å². The van der Waals surface area contributed by atoms with E-state index in [9.17, 15) is 9.59 Å². The van der Waals surface area contributed by atoms with Gasteiger partial charge in [0.15, 0.2) is 5.75 Å². The first kappa shape index (κ1) is 21.1. The van der Waals surface area contributed by atoms with E-state index in [1.807, 2.05) is 14.1 Å². The molecule has 0 aliphatic heterocycles. The lowest BCUT2D eigenvalue weighted by Gasteiger charge is -2.39. The summed E-state index contributed by atoms with van der Waals surface area (Å²) < 4.78 is 11.7. The molecule has 7 nitrogen and oxygen atoms in total. The summed E-state index contributed by atoms with van der Waals surface area (Å²) in [5, 5.41) is 0. The summed E-state index contributed by atoms with van der Waals surface area (Å²) in [5.41, 5.74) is 0.669. The highest BCUT2D eigenvalue weighted by molar-refractivity contribution is 5.73. The Kier molecular flexibility index (Phi) is 5.75. The summed E-state index contributed by atoms with van der Waals surface area (Å²) in [6.07, 6.45) is 7.39. The molecule has 30 heavy (non-hydrogen) atoms. The minimum atomic E-state index is -0.442. The molecule has 0 unspecified atom stereocenters. The molecule has 1 heterocycles. The van der Waals surface area contributed by atoms with E-state index in [2.05, 4.69) is 4.98 Å². The van der Waals surface area contributed by atoms with Crippen molar-refractivity contribution in [1.29, 1.82) is 0 Å². The van der Waals surface area contributed by atoms with Gasteiger partial charge in [0.2, 0.25) is 6.73 Å². The van der Waals surface area contributed by atoms with Crippen molar-refractivity contribution in [2.24, 2.45) is 29.6 Å². The molecule has 5 atom stereocenters. The summed E-state index contributed by atoms with van der Waals surface area (Å²) >= 11 is 0. The molecular weight excluding hydrogens is 382 g/mol. The number of carbonyl (C=O) groups is 2. The van der Waals surface area contributed by atoms with Crippen molar-refractivity contribution < 1.29 is 23.5 Å². The van der Waals surface area contributed by atoms with E-state index in [1.165, 1.54) is 30.6 Å². The van der Waals surface area contributed by atoms with Crippen molar-refractivity contribution in [2.45, 2.75) is 38.6 Å². The summed E-state index contributed by atoms with van der Waals surface area (Å²) in [6.45, 7) is 0.766. The monoisotopic (exact) mass is 416 g/mol. The summed E-state index contributed by atoms with van der Waals surface area (Å²) in [5.74, 6) is 3.43. The van der Waals surface area contributed by atoms with E-state index in [0.717, 1.165) is 24.2 Å². The Morgan fingerprint density at radius 3 is 2.53 bits per heavy atom. The van der Waals surface area contributed by atoms with Crippen LogP contribution in [0.4, 0.5) is 4.79 Å². The molecule has 0 saturated heterocycles. The summed E-state index contributed by atoms with van der Waals surface area (Å²) in [6, 6.07) is 3.48. The molecule has 1 aromatic rings. The van der Waals surface area contributed by atoms with Gasteiger partial charge in [0.25, 0.3) is 0 Å². The van der Waals surface area contributed by atoms with E-state index in [-0.39, 0.29) is 18.6 Å². The van der Waals surface area contributed by atoms with Gasteiger partial charge in [-0.15, -0.1) is 0 Å². The van der Waals surface area contributed by atoms with Gasteiger partial charge in [-0.2, -0.15) is 0 Å². The lowest BCUT2D eigenvalue weighted by Crippen LogP contribution is -2.44. The summed E-state index contributed by atoms with van der Waals surface area (Å²) in [4.78, 5) is 30.6. The fourth-order valence-electron chi connectivity index (χ4n) is 5.77. The second kappa shape index (κ2) is 8.17. The lowest BCUT2D eigenvalue weighted by molar-refractivity contribution is -0.920. The molecule has 0 N–H and O–H groups in total. The van der Waals surface area contributed by atoms with Gasteiger partial charge in [-0.3, -0.25) is 14.3 Å². The molecule has 0 aromatic carbocycles. The fraction of sp³-hybridized carbons (Fsp3) is 0.696. The molecule has 1 amide bonds. The third-order valence-corrected chi connectivity index (χ3v) is 7.15. The molecule has 3 aliphatic rings. The SMILES string of the molecule is CN(C)C(=O)Oc1cccnc1C[N+](C)(C)COC(=O)[C@H]1C[C@@H]2C[C@H]3C[C@H]2C[C@H]1C3. The van der Waals surface area contributed by atoms with Crippen LogP contribution in [0.25, 0.3) is 0 Å². The number of esters is 1. The maximum absolute atomic E-state index is 12.9. The van der Waals surface area contributed by atoms with Crippen LogP contribution in [0.2, 0.25) is 0 Å². The number of carbonyl (C=O) groups excluding carboxylic acids is 2. The Bertz CT molecular complexity index is 807. The lowest BCUT2D eigenvalue weighted by atomic mass is 9.67. The zero-order chi connectivity index (χ0) is 21.5. The van der Waals surface area contributed by atoms with Gasteiger partial charge in [0, 0.05) is 20.3 Å². The van der Waals surface area contributed by atoms with Gasteiger partial charge in [0.05, 0.1) is 20.0 Å². The number of rotatable bonds is 6. The van der Waals surface area contributed by atoms with E-state index in [4.69, 9.17) is 9.47 Å². The first-order valence-electron chi connectivity index (χ1n) is 11.0. The highest BCUT2D eigenvalue weighted by Crippen LogP contribution is 2.57. The van der Waals surface area contributed by atoms with Crippen LogP contribution in [-0.2, 0) is 16.1 Å². The number of fused-ring (bicyclic) bond motifs is 2. The summed E-state index contributed by atoms with van der Waals surface area (Å²) in [7, 11) is 7.27. The number of ether oxygens (including phenoxy) is 2. The molecule has 3 aliphatic carbocycles. The Balaban J connectivity index is 1.35. The van der Waals surface area contributed by atoms with E-state index in [1.54, 1.807) is 32.4 Å². The molecule has 3 saturated carbocycles. The quantitative estimate of drug-likeness (QED) is 0.404. The Morgan fingerprint density at radius 1 is 1.10 bits per heavy atom. The Morgan fingerprint density at radius 2 is 1.80 bits per heavy atom. The van der Waals surface area contributed by atoms with Gasteiger partial charge in [-0.1, -0.05) is 0 Å². The topological polar surface area (TPSA) is 68.7 Å². The second-order valence-electron chi connectivity index (χ2n) is 10.3. The third kappa shape index (κ3) is 4.46. The minimum absolute atomic E-state index is 0.0301. The molecule has 1 aromatic heterocycles. The predicted octanol–water partition coefficient (Wildman–Crippen LogP) is 3.29. The number of nitrogens with zero attached hydrogens (tertiary/aromatic N) is 3. The zero-order valence-electron chi connectivity index (χ0n) is 18.5. The highest BCUT2D eigenvalue weighted by atomic mass is 16.6. The van der Waals surface area contributed by atoms with Gasteiger partial charge < -0.3 is 14.4 Å². The van der Waals surface area contributed by atoms with Crippen LogP contribution in [-0.4, -0.2) is 61.4 Å². The molecule has 164 valence electrons. The smallest absolute Gasteiger partial charge is 0.414 e. The first-order chi connectivity index (χ1) is 14.2. The standard InChI is InChI=1S/C23H34N3O4/c1-25(2)23(28)30-21-6-5-7-24-20(21)13-26(3,4)14-29-22(27)19-12-17-9-15-8-16(17)11-18(19)10-15/h5-7,15-19H,8-14H2,1-4H3/q+1/t15-,16+,17+,18-,19+/m1/s1. The first-order valence-corrected chi connectivity index (χ1v) is 11.0. The molecular formula is C23H34N3O4+. The molecule has 0 spiro atoms. The maximum atomic E-state index is 12.9. The minimum Gasteiger partial charge on any atom is -0.415 e. The van der Waals surface area contributed by atoms with Crippen molar-refractivity contribution in [1.82, 2.24) is 9.88 Å². The van der Waals surface area contributed by atoms with Crippen LogP contribution < -0.4 is 4.74 Å². The molecule has 7 heteroatoms. The Hall–Kier alpha value is -2.15. The van der Waals surface area contributed by atoms with Crippen molar-refractivity contribution in [2.75, 3.05) is 34.9 Å². The van der Waals surface area contributed by atoms with Gasteiger partial charge in [-0.25, -0.2) is 4.79 Å². The van der Waals surface area contributed by atoms with Gasteiger partial charge >= 0.3 is 12.1 Å². The third-order valence-electron chi connectivity index (χ3n) is 7.15. The second-order valence-corrected chi connectivity index (χ2v) is 10.3. The van der Waals surface area contributed by atoms with Crippen molar-refractivity contribution in [3.8, 4) is 5.75 Å². The fourth-order valence-corrected chi connectivity index (χ4v) is 5.77. The zero-order valence-corrected chi connectivity index (χ0v) is 18.5. The largest absolute Gasteiger partial charge is 0.415 e. The van der Waals surface area contributed by atoms with E-state index < -0.39 is 6.09 Å². The number of pyridine rings is 1.